The summed E-state index contributed by atoms with van der Waals surface area (Å²) in [5.74, 6) is 0.687. The molecule has 3 aromatic carbocycles. The fourth-order valence-corrected chi connectivity index (χ4v) is 6.43. The van der Waals surface area contributed by atoms with Crippen LogP contribution < -0.4 is 14.8 Å². The summed E-state index contributed by atoms with van der Waals surface area (Å²) in [4.78, 5) is 36.4. The lowest BCUT2D eigenvalue weighted by Crippen LogP contribution is -2.42. The molecule has 3 aliphatic heterocycles. The van der Waals surface area contributed by atoms with Gasteiger partial charge in [-0.15, -0.1) is 0 Å². The van der Waals surface area contributed by atoms with Gasteiger partial charge in [-0.25, -0.2) is 4.98 Å². The van der Waals surface area contributed by atoms with Gasteiger partial charge in [-0.2, -0.15) is 13.2 Å². The van der Waals surface area contributed by atoms with Crippen molar-refractivity contribution in [2.75, 3.05) is 38.3 Å². The van der Waals surface area contributed by atoms with Crippen molar-refractivity contribution < 1.29 is 32.2 Å². The van der Waals surface area contributed by atoms with E-state index in [-0.39, 0.29) is 30.1 Å². The smallest absolute Gasteiger partial charge is 0.416 e. The zero-order chi connectivity index (χ0) is 31.1. The number of alkyl halides is 3. The van der Waals surface area contributed by atoms with Crippen LogP contribution in [0.4, 0.5) is 19.0 Å². The van der Waals surface area contributed by atoms with E-state index in [0.717, 1.165) is 67.9 Å². The molecule has 11 heteroatoms. The van der Waals surface area contributed by atoms with E-state index >= 15 is 0 Å². The molecule has 8 nitrogen and oxygen atoms in total. The number of amides is 2. The number of hydrogen-bond acceptors (Lipinski definition) is 6. The highest BCUT2D eigenvalue weighted by molar-refractivity contribution is 6.10. The van der Waals surface area contributed by atoms with Crippen LogP contribution in [0.25, 0.3) is 22.0 Å². The summed E-state index contributed by atoms with van der Waals surface area (Å²) in [7, 11) is 0. The molecule has 0 spiro atoms. The highest BCUT2D eigenvalue weighted by Gasteiger charge is 2.33. The lowest BCUT2D eigenvalue weighted by molar-refractivity contribution is -0.137. The largest absolute Gasteiger partial charge is 0.454 e. The highest BCUT2D eigenvalue weighted by Crippen LogP contribution is 2.37. The van der Waals surface area contributed by atoms with Crippen molar-refractivity contribution in [2.45, 2.75) is 37.9 Å². The summed E-state index contributed by atoms with van der Waals surface area (Å²) in [6.07, 6.45) is -0.342. The van der Waals surface area contributed by atoms with E-state index in [1.54, 1.807) is 12.1 Å². The van der Waals surface area contributed by atoms with Gasteiger partial charge >= 0.3 is 6.18 Å². The number of rotatable bonds is 6. The number of fused-ring (bicyclic) bond motifs is 2. The third kappa shape index (κ3) is 5.92. The quantitative estimate of drug-likeness (QED) is 0.263. The molecule has 0 aliphatic carbocycles. The first-order valence-corrected chi connectivity index (χ1v) is 15.1. The first kappa shape index (κ1) is 29.1. The number of halogens is 3. The number of likely N-dealkylation sites (tertiary alicyclic amines) is 2. The number of carbonyl (C=O) groups is 2. The van der Waals surface area contributed by atoms with Crippen molar-refractivity contribution in [1.82, 2.24) is 14.8 Å². The molecule has 0 bridgehead atoms. The number of anilines is 1. The Morgan fingerprint density at radius 1 is 0.867 bits per heavy atom. The molecule has 0 unspecified atom stereocenters. The van der Waals surface area contributed by atoms with Gasteiger partial charge in [0.15, 0.2) is 11.5 Å². The summed E-state index contributed by atoms with van der Waals surface area (Å²) in [6.45, 7) is 3.70. The Hall–Kier alpha value is -4.64. The number of aromatic nitrogens is 1. The molecule has 1 atom stereocenters. The van der Waals surface area contributed by atoms with Gasteiger partial charge in [0, 0.05) is 30.1 Å². The zero-order valence-corrected chi connectivity index (χ0v) is 24.4. The molecule has 2 amide bonds. The fraction of sp³-hybridized carbons (Fsp3) is 0.324. The van der Waals surface area contributed by atoms with Gasteiger partial charge in [-0.3, -0.25) is 9.59 Å². The van der Waals surface area contributed by atoms with Crippen molar-refractivity contribution in [3.8, 4) is 22.6 Å². The van der Waals surface area contributed by atoms with Gasteiger partial charge in [0.2, 0.25) is 6.79 Å². The monoisotopic (exact) mass is 616 g/mol. The molecule has 2 saturated heterocycles. The minimum atomic E-state index is -4.51. The number of hydrogen-bond donors (Lipinski definition) is 1. The molecular weight excluding hydrogens is 585 g/mol. The fourth-order valence-electron chi connectivity index (χ4n) is 6.43. The maximum absolute atomic E-state index is 14.3. The Morgan fingerprint density at radius 2 is 1.60 bits per heavy atom. The summed E-state index contributed by atoms with van der Waals surface area (Å²) in [5, 5.41) is 3.33. The summed E-state index contributed by atoms with van der Waals surface area (Å²) in [5.41, 5.74) is 1.84. The van der Waals surface area contributed by atoms with Crippen molar-refractivity contribution in [1.29, 1.82) is 0 Å². The third-order valence-corrected chi connectivity index (χ3v) is 8.77. The molecule has 7 rings (SSSR count). The van der Waals surface area contributed by atoms with Gasteiger partial charge in [0.05, 0.1) is 16.6 Å². The standard InChI is InChI=1S/C34H31F3N4O4/c35-34(36,37)24-9-5-21(6-10-24)32(42)39-31-18-27(33(43)41-15-3-4-25(41)19-40-13-1-2-14-40)26-16-22(7-11-28(26)38-31)23-8-12-29-30(17-23)45-20-44-29/h5-12,16-18,25H,1-4,13-15,19-20H2,(H,38,39,42)/t25-/m0/s1. The van der Waals surface area contributed by atoms with Crippen LogP contribution in [0.2, 0.25) is 0 Å². The second-order valence-electron chi connectivity index (χ2n) is 11.7. The van der Waals surface area contributed by atoms with E-state index in [9.17, 15) is 22.8 Å². The van der Waals surface area contributed by atoms with Crippen molar-refractivity contribution in [3.05, 3.63) is 83.4 Å². The molecule has 0 saturated carbocycles. The Bertz CT molecular complexity index is 1770. The second-order valence-corrected chi connectivity index (χ2v) is 11.7. The van der Waals surface area contributed by atoms with Crippen LogP contribution in [0.1, 0.15) is 52.0 Å². The normalized spacial score (nSPS) is 18.1. The van der Waals surface area contributed by atoms with E-state index in [4.69, 9.17) is 9.47 Å². The van der Waals surface area contributed by atoms with Gasteiger partial charge in [0.1, 0.15) is 5.82 Å². The molecule has 0 radical (unpaired) electrons. The molecular formula is C34H31F3N4O4. The average molecular weight is 617 g/mol. The third-order valence-electron chi connectivity index (χ3n) is 8.77. The average Bonchev–Trinajstić information content (AvgIpc) is 3.82. The lowest BCUT2D eigenvalue weighted by atomic mass is 9.99. The van der Waals surface area contributed by atoms with Crippen LogP contribution in [0.5, 0.6) is 11.5 Å². The number of carbonyl (C=O) groups excluding carboxylic acids is 2. The predicted molar refractivity (Wildman–Crippen MR) is 162 cm³/mol. The molecule has 2 fully saturated rings. The van der Waals surface area contributed by atoms with Crippen molar-refractivity contribution in [3.63, 3.8) is 0 Å². The Morgan fingerprint density at radius 3 is 2.38 bits per heavy atom. The van der Waals surface area contributed by atoms with Gasteiger partial charge < -0.3 is 24.6 Å². The van der Waals surface area contributed by atoms with E-state index in [1.807, 2.05) is 35.2 Å². The minimum Gasteiger partial charge on any atom is -0.454 e. The van der Waals surface area contributed by atoms with E-state index in [2.05, 4.69) is 15.2 Å². The Balaban J connectivity index is 1.24. The number of benzene rings is 3. The SMILES string of the molecule is O=C(Nc1cc(C(=O)N2CCC[C@H]2CN2CCCC2)c2cc(-c3ccc4c(c3)OCO4)ccc2n1)c1ccc(C(F)(F)F)cc1. The Kier molecular flexibility index (Phi) is 7.56. The molecule has 4 heterocycles. The predicted octanol–water partition coefficient (Wildman–Crippen LogP) is 6.60. The minimum absolute atomic E-state index is 0.0427. The zero-order valence-electron chi connectivity index (χ0n) is 24.4. The van der Waals surface area contributed by atoms with Crippen LogP contribution in [0.3, 0.4) is 0 Å². The first-order valence-electron chi connectivity index (χ1n) is 15.1. The molecule has 4 aromatic rings. The van der Waals surface area contributed by atoms with Crippen molar-refractivity contribution in [2.24, 2.45) is 0 Å². The highest BCUT2D eigenvalue weighted by atomic mass is 19.4. The maximum atomic E-state index is 14.3. The van der Waals surface area contributed by atoms with E-state index in [1.165, 1.54) is 12.8 Å². The van der Waals surface area contributed by atoms with Gasteiger partial charge in [-0.05, 0) is 104 Å². The van der Waals surface area contributed by atoms with Gasteiger partial charge in [-0.1, -0.05) is 12.1 Å². The molecule has 1 aromatic heterocycles. The summed E-state index contributed by atoms with van der Waals surface area (Å²) < 4.78 is 50.1. The second kappa shape index (κ2) is 11.7. The number of ether oxygens (including phenoxy) is 2. The Labute approximate surface area is 257 Å². The topological polar surface area (TPSA) is 84.0 Å². The molecule has 3 aliphatic rings. The molecule has 1 N–H and O–H groups in total. The summed E-state index contributed by atoms with van der Waals surface area (Å²) >= 11 is 0. The first-order chi connectivity index (χ1) is 21.7. The van der Waals surface area contributed by atoms with Crippen molar-refractivity contribution >= 4 is 28.5 Å². The number of nitrogens with zero attached hydrogens (tertiary/aromatic N) is 3. The van der Waals surface area contributed by atoms with E-state index in [0.29, 0.717) is 34.5 Å². The van der Waals surface area contributed by atoms with Gasteiger partial charge in [0.25, 0.3) is 11.8 Å². The molecule has 232 valence electrons. The van der Waals surface area contributed by atoms with Crippen LogP contribution in [0.15, 0.2) is 66.7 Å². The van der Waals surface area contributed by atoms with E-state index < -0.39 is 17.6 Å². The van der Waals surface area contributed by atoms with Crippen LogP contribution in [0, 0.1) is 0 Å². The lowest BCUT2D eigenvalue weighted by Gasteiger charge is -2.29. The number of nitrogens with one attached hydrogen (secondary N) is 1. The van der Waals surface area contributed by atoms with Crippen LogP contribution >= 0.6 is 0 Å². The summed E-state index contributed by atoms with van der Waals surface area (Å²) in [6, 6.07) is 16.9. The number of pyridine rings is 1. The molecule has 45 heavy (non-hydrogen) atoms. The van der Waals surface area contributed by atoms with Crippen LogP contribution in [-0.4, -0.2) is 65.6 Å². The van der Waals surface area contributed by atoms with Crippen LogP contribution in [-0.2, 0) is 6.18 Å². The maximum Gasteiger partial charge on any atom is 0.416 e.